The van der Waals surface area contributed by atoms with Crippen LogP contribution >= 0.6 is 23.2 Å². The number of halogens is 2. The molecule has 0 radical (unpaired) electrons. The van der Waals surface area contributed by atoms with Crippen molar-refractivity contribution in [1.29, 1.82) is 0 Å². The van der Waals surface area contributed by atoms with Crippen LogP contribution in [0.3, 0.4) is 0 Å². The Labute approximate surface area is 189 Å². The van der Waals surface area contributed by atoms with Crippen LogP contribution in [0.1, 0.15) is 26.2 Å². The third-order valence-electron chi connectivity index (χ3n) is 5.62. The summed E-state index contributed by atoms with van der Waals surface area (Å²) in [5.41, 5.74) is -1.60. The summed E-state index contributed by atoms with van der Waals surface area (Å²) in [7, 11) is -4.21. The first-order valence-electron chi connectivity index (χ1n) is 9.54. The topological polar surface area (TPSA) is 142 Å². The van der Waals surface area contributed by atoms with Gasteiger partial charge in [0.15, 0.2) is 5.79 Å². The SMILES string of the molecule is CC[C@]1(CO)OC2(C=C(C(=O)O)C(S(=O)(=O)Nc3ccc(Cl)cc3Cl)CC2)O[C@@H]1CO. The maximum absolute atomic E-state index is 13.0. The monoisotopic (exact) mass is 495 g/mol. The molecule has 1 aromatic carbocycles. The molecule has 0 amide bonds. The smallest absolute Gasteiger partial charge is 0.332 e. The standard InChI is InChI=1S/C19H23Cl2NO8S/c1-2-18(10-24)16(9-23)29-19(30-18)6-5-15(12(8-19)17(25)26)31(27,28)22-14-4-3-11(20)7-13(14)21/h3-4,7-8,15-16,22-24H,2,5-6,9-10H2,1H3,(H,25,26)/t15?,16-,18-,19?/m1/s1. The highest BCUT2D eigenvalue weighted by molar-refractivity contribution is 7.93. The number of rotatable bonds is 7. The van der Waals surface area contributed by atoms with Crippen molar-refractivity contribution >= 4 is 44.9 Å². The summed E-state index contributed by atoms with van der Waals surface area (Å²) < 4.78 is 40.1. The summed E-state index contributed by atoms with van der Waals surface area (Å²) in [4.78, 5) is 12.0. The minimum atomic E-state index is -4.21. The molecule has 172 valence electrons. The highest BCUT2D eigenvalue weighted by Gasteiger charge is 2.57. The number of nitrogens with one attached hydrogen (secondary N) is 1. The number of carboxylic acid groups (broad SMARTS) is 1. The van der Waals surface area contributed by atoms with Gasteiger partial charge in [-0.15, -0.1) is 0 Å². The average molecular weight is 496 g/mol. The van der Waals surface area contributed by atoms with E-state index >= 15 is 0 Å². The molecule has 1 heterocycles. The van der Waals surface area contributed by atoms with E-state index in [0.717, 1.165) is 6.08 Å². The van der Waals surface area contributed by atoms with Gasteiger partial charge in [-0.2, -0.15) is 0 Å². The molecule has 12 heteroatoms. The maximum Gasteiger partial charge on any atom is 0.332 e. The summed E-state index contributed by atoms with van der Waals surface area (Å²) in [5, 5.41) is 28.2. The van der Waals surface area contributed by atoms with Gasteiger partial charge in [0, 0.05) is 11.4 Å². The molecule has 2 unspecified atom stereocenters. The third kappa shape index (κ3) is 4.56. The van der Waals surface area contributed by atoms with Crippen LogP contribution in [0.4, 0.5) is 5.69 Å². The Bertz CT molecular complexity index is 995. The van der Waals surface area contributed by atoms with Crippen molar-refractivity contribution < 1.29 is 38.0 Å². The maximum atomic E-state index is 13.0. The van der Waals surface area contributed by atoms with Gasteiger partial charge < -0.3 is 24.8 Å². The number of aliphatic carboxylic acids is 1. The van der Waals surface area contributed by atoms with Gasteiger partial charge in [-0.05, 0) is 37.1 Å². The predicted molar refractivity (Wildman–Crippen MR) is 114 cm³/mol. The van der Waals surface area contributed by atoms with Crippen LogP contribution in [0, 0.1) is 0 Å². The second kappa shape index (κ2) is 8.86. The average Bonchev–Trinajstić information content (AvgIpc) is 3.03. The van der Waals surface area contributed by atoms with Crippen molar-refractivity contribution in [2.45, 2.75) is 48.9 Å². The van der Waals surface area contributed by atoms with Gasteiger partial charge in [-0.3, -0.25) is 4.72 Å². The lowest BCUT2D eigenvalue weighted by Gasteiger charge is -2.34. The Morgan fingerprint density at radius 3 is 2.55 bits per heavy atom. The van der Waals surface area contributed by atoms with Gasteiger partial charge in [0.05, 0.1) is 29.5 Å². The molecule has 0 saturated carbocycles. The van der Waals surface area contributed by atoms with Crippen LogP contribution in [-0.4, -0.2) is 65.7 Å². The van der Waals surface area contributed by atoms with Crippen molar-refractivity contribution in [2.75, 3.05) is 17.9 Å². The summed E-state index contributed by atoms with van der Waals surface area (Å²) in [6, 6.07) is 4.19. The second-order valence-electron chi connectivity index (χ2n) is 7.48. The zero-order chi connectivity index (χ0) is 23.0. The Morgan fingerprint density at radius 1 is 1.32 bits per heavy atom. The molecule has 0 bridgehead atoms. The number of aliphatic hydroxyl groups excluding tert-OH is 2. The van der Waals surface area contributed by atoms with E-state index in [1.807, 2.05) is 0 Å². The lowest BCUT2D eigenvalue weighted by Crippen LogP contribution is -2.46. The van der Waals surface area contributed by atoms with E-state index < -0.39 is 57.5 Å². The first-order valence-corrected chi connectivity index (χ1v) is 11.8. The number of carbonyl (C=O) groups is 1. The molecule has 1 aliphatic carbocycles. The zero-order valence-corrected chi connectivity index (χ0v) is 18.9. The van der Waals surface area contributed by atoms with E-state index in [2.05, 4.69) is 4.72 Å². The molecule has 9 nitrogen and oxygen atoms in total. The molecule has 1 aromatic rings. The number of benzene rings is 1. The van der Waals surface area contributed by atoms with Crippen LogP contribution in [-0.2, 0) is 24.3 Å². The number of hydrogen-bond acceptors (Lipinski definition) is 7. The van der Waals surface area contributed by atoms with E-state index in [9.17, 15) is 28.5 Å². The first kappa shape index (κ1) is 24.2. The highest BCUT2D eigenvalue weighted by atomic mass is 35.5. The van der Waals surface area contributed by atoms with E-state index in [-0.39, 0.29) is 23.6 Å². The largest absolute Gasteiger partial charge is 0.478 e. The fourth-order valence-electron chi connectivity index (χ4n) is 3.91. The number of sulfonamides is 1. The summed E-state index contributed by atoms with van der Waals surface area (Å²) in [6.07, 6.45) is 0.379. The quantitative estimate of drug-likeness (QED) is 0.450. The van der Waals surface area contributed by atoms with Gasteiger partial charge in [-0.25, -0.2) is 13.2 Å². The number of hydrogen-bond donors (Lipinski definition) is 4. The van der Waals surface area contributed by atoms with Crippen LogP contribution in [0.15, 0.2) is 29.8 Å². The fourth-order valence-corrected chi connectivity index (χ4v) is 5.98. The van der Waals surface area contributed by atoms with Crippen LogP contribution in [0.2, 0.25) is 10.0 Å². The first-order chi connectivity index (χ1) is 14.5. The summed E-state index contributed by atoms with van der Waals surface area (Å²) in [6.45, 7) is 0.828. The number of ether oxygens (including phenoxy) is 2. The van der Waals surface area contributed by atoms with Gasteiger partial charge >= 0.3 is 5.97 Å². The van der Waals surface area contributed by atoms with Gasteiger partial charge in [-0.1, -0.05) is 30.1 Å². The molecule has 2 aliphatic rings. The number of carboxylic acids is 1. The molecule has 1 aliphatic heterocycles. The molecule has 4 atom stereocenters. The van der Waals surface area contributed by atoms with Gasteiger partial charge in [0.2, 0.25) is 10.0 Å². The Morgan fingerprint density at radius 2 is 2.03 bits per heavy atom. The molecule has 3 rings (SSSR count). The second-order valence-corrected chi connectivity index (χ2v) is 10.2. The van der Waals surface area contributed by atoms with E-state index in [4.69, 9.17) is 32.7 Å². The normalized spacial score (nSPS) is 30.9. The minimum absolute atomic E-state index is 0.00194. The van der Waals surface area contributed by atoms with Crippen molar-refractivity contribution in [2.24, 2.45) is 0 Å². The highest BCUT2D eigenvalue weighted by Crippen LogP contribution is 2.46. The molecule has 1 fully saturated rings. The lowest BCUT2D eigenvalue weighted by molar-refractivity contribution is -0.171. The minimum Gasteiger partial charge on any atom is -0.478 e. The predicted octanol–water partition coefficient (Wildman–Crippen LogP) is 2.15. The Balaban J connectivity index is 1.95. The molecular formula is C19H23Cl2NO8S. The van der Waals surface area contributed by atoms with Crippen molar-refractivity contribution in [3.8, 4) is 0 Å². The molecule has 31 heavy (non-hydrogen) atoms. The van der Waals surface area contributed by atoms with Crippen LogP contribution in [0.25, 0.3) is 0 Å². The van der Waals surface area contributed by atoms with Crippen molar-refractivity contribution in [3.05, 3.63) is 39.9 Å². The molecule has 1 saturated heterocycles. The fraction of sp³-hybridized carbons (Fsp3) is 0.526. The van der Waals surface area contributed by atoms with E-state index in [0.29, 0.717) is 11.4 Å². The van der Waals surface area contributed by atoms with Crippen molar-refractivity contribution in [1.82, 2.24) is 0 Å². The lowest BCUT2D eigenvalue weighted by atomic mass is 9.93. The van der Waals surface area contributed by atoms with E-state index in [1.54, 1.807) is 6.92 Å². The Kier molecular flexibility index (Phi) is 6.93. The number of anilines is 1. The van der Waals surface area contributed by atoms with Crippen LogP contribution < -0.4 is 4.72 Å². The van der Waals surface area contributed by atoms with E-state index in [1.165, 1.54) is 18.2 Å². The molecule has 4 N–H and O–H groups in total. The van der Waals surface area contributed by atoms with Crippen molar-refractivity contribution in [3.63, 3.8) is 0 Å². The third-order valence-corrected chi connectivity index (χ3v) is 7.91. The van der Waals surface area contributed by atoms with Crippen LogP contribution in [0.5, 0.6) is 0 Å². The molecular weight excluding hydrogens is 473 g/mol. The van der Waals surface area contributed by atoms with Gasteiger partial charge in [0.1, 0.15) is 17.0 Å². The summed E-state index contributed by atoms with van der Waals surface area (Å²) >= 11 is 11.9. The zero-order valence-electron chi connectivity index (χ0n) is 16.5. The molecule has 0 aromatic heterocycles. The Hall–Kier alpha value is -1.40. The molecule has 1 spiro atoms. The van der Waals surface area contributed by atoms with Gasteiger partial charge in [0.25, 0.3) is 0 Å². The summed E-state index contributed by atoms with van der Waals surface area (Å²) in [5.74, 6) is -3.02. The number of aliphatic hydroxyl groups is 2.